The van der Waals surface area contributed by atoms with Crippen LogP contribution >= 0.6 is 0 Å². The highest BCUT2D eigenvalue weighted by Crippen LogP contribution is 2.34. The maximum absolute atomic E-state index is 10.2. The van der Waals surface area contributed by atoms with E-state index in [1.54, 1.807) is 6.08 Å². The van der Waals surface area contributed by atoms with E-state index in [0.717, 1.165) is 0 Å². The number of aliphatic hydroxyl groups excluding tert-OH is 3. The van der Waals surface area contributed by atoms with E-state index in [1.165, 1.54) is 0 Å². The van der Waals surface area contributed by atoms with Crippen molar-refractivity contribution in [1.29, 1.82) is 0 Å². The Balaban J connectivity index is 1.79. The molecule has 1 saturated carbocycles. The molecule has 6 heteroatoms. The van der Waals surface area contributed by atoms with Gasteiger partial charge in [0.2, 0.25) is 0 Å². The third-order valence-electron chi connectivity index (χ3n) is 4.51. The molecule has 0 aromatic carbocycles. The van der Waals surface area contributed by atoms with Crippen LogP contribution in [0.4, 0.5) is 0 Å². The SMILES string of the molecule is C=CCN(C1=N[C@@H]2[C@@H](O)[C@H](O)[C@@H](CO)C[C@@H]2O1)C1C=CC=C1. The fraction of sp³-hybridized carbons (Fsp3) is 0.562. The Morgan fingerprint density at radius 1 is 1.32 bits per heavy atom. The summed E-state index contributed by atoms with van der Waals surface area (Å²) in [4.78, 5) is 6.44. The van der Waals surface area contributed by atoms with Gasteiger partial charge in [-0.1, -0.05) is 30.4 Å². The van der Waals surface area contributed by atoms with Gasteiger partial charge in [-0.25, -0.2) is 4.99 Å². The van der Waals surface area contributed by atoms with Gasteiger partial charge in [-0.3, -0.25) is 0 Å². The molecule has 0 aromatic heterocycles. The first-order chi connectivity index (χ1) is 10.7. The lowest BCUT2D eigenvalue weighted by Crippen LogP contribution is -2.52. The minimum absolute atomic E-state index is 0.0487. The Morgan fingerprint density at radius 3 is 2.68 bits per heavy atom. The highest BCUT2D eigenvalue weighted by atomic mass is 16.5. The van der Waals surface area contributed by atoms with Crippen LogP contribution in [0.5, 0.6) is 0 Å². The molecule has 0 radical (unpaired) electrons. The molecule has 0 aromatic rings. The molecule has 0 bridgehead atoms. The molecule has 0 saturated heterocycles. The summed E-state index contributed by atoms with van der Waals surface area (Å²) in [6, 6.07) is 0.0167. The van der Waals surface area contributed by atoms with Crippen LogP contribution in [0.15, 0.2) is 42.0 Å². The monoisotopic (exact) mass is 306 g/mol. The van der Waals surface area contributed by atoms with Crippen LogP contribution < -0.4 is 0 Å². The van der Waals surface area contributed by atoms with Gasteiger partial charge in [0.05, 0.1) is 12.1 Å². The lowest BCUT2D eigenvalue weighted by molar-refractivity contribution is -0.0955. The molecule has 1 fully saturated rings. The van der Waals surface area contributed by atoms with Gasteiger partial charge < -0.3 is 25.0 Å². The highest BCUT2D eigenvalue weighted by Gasteiger charge is 2.48. The lowest BCUT2D eigenvalue weighted by atomic mass is 9.80. The quantitative estimate of drug-likeness (QED) is 0.628. The average molecular weight is 306 g/mol. The second-order valence-electron chi connectivity index (χ2n) is 5.92. The number of hydrogen-bond acceptors (Lipinski definition) is 6. The standard InChI is InChI=1S/C16H22N2O4/c1-2-7-18(11-5-3-4-6-11)16-17-13-12(22-16)8-10(9-19)14(20)15(13)21/h2-6,10-15,19-21H,1,7-9H2/t10-,12+,13+,14-,15-/m1/s1. The summed E-state index contributed by atoms with van der Waals surface area (Å²) in [6.45, 7) is 4.16. The number of allylic oxidation sites excluding steroid dienone is 2. The number of aliphatic hydroxyl groups is 3. The minimum Gasteiger partial charge on any atom is -0.459 e. The fourth-order valence-electron chi connectivity index (χ4n) is 3.27. The summed E-state index contributed by atoms with van der Waals surface area (Å²) in [5, 5.41) is 29.6. The smallest absolute Gasteiger partial charge is 0.289 e. The summed E-state index contributed by atoms with van der Waals surface area (Å²) in [5.41, 5.74) is 0. The summed E-state index contributed by atoms with van der Waals surface area (Å²) >= 11 is 0. The predicted molar refractivity (Wildman–Crippen MR) is 82.3 cm³/mol. The van der Waals surface area contributed by atoms with Crippen molar-refractivity contribution >= 4 is 6.02 Å². The molecule has 3 aliphatic rings. The van der Waals surface area contributed by atoms with E-state index in [2.05, 4.69) is 11.6 Å². The third kappa shape index (κ3) is 2.58. The van der Waals surface area contributed by atoms with E-state index < -0.39 is 18.2 Å². The first-order valence-corrected chi connectivity index (χ1v) is 7.59. The van der Waals surface area contributed by atoms with E-state index in [-0.39, 0.29) is 24.7 Å². The van der Waals surface area contributed by atoms with Crippen molar-refractivity contribution in [1.82, 2.24) is 4.90 Å². The largest absolute Gasteiger partial charge is 0.459 e. The molecule has 0 unspecified atom stereocenters. The van der Waals surface area contributed by atoms with Gasteiger partial charge in [0.15, 0.2) is 0 Å². The third-order valence-corrected chi connectivity index (χ3v) is 4.51. The molecule has 0 spiro atoms. The summed E-state index contributed by atoms with van der Waals surface area (Å²) in [6.07, 6.45) is 7.92. The van der Waals surface area contributed by atoms with Crippen LogP contribution in [-0.2, 0) is 4.74 Å². The van der Waals surface area contributed by atoms with Gasteiger partial charge >= 0.3 is 0 Å². The summed E-state index contributed by atoms with van der Waals surface area (Å²) in [7, 11) is 0. The second-order valence-corrected chi connectivity index (χ2v) is 5.92. The number of aliphatic imine (C=N–C) groups is 1. The van der Waals surface area contributed by atoms with E-state index in [9.17, 15) is 15.3 Å². The normalized spacial score (nSPS) is 36.9. The van der Waals surface area contributed by atoms with Gasteiger partial charge in [0.25, 0.3) is 6.02 Å². The molecule has 1 aliphatic heterocycles. The molecule has 22 heavy (non-hydrogen) atoms. The number of rotatable bonds is 4. The Hall–Kier alpha value is -1.63. The van der Waals surface area contributed by atoms with Crippen molar-refractivity contribution < 1.29 is 20.1 Å². The molecule has 6 nitrogen and oxygen atoms in total. The molecule has 3 rings (SSSR count). The van der Waals surface area contributed by atoms with Crippen LogP contribution in [0.25, 0.3) is 0 Å². The first-order valence-electron chi connectivity index (χ1n) is 7.59. The molecule has 0 amide bonds. The zero-order valence-corrected chi connectivity index (χ0v) is 12.3. The molecule has 1 heterocycles. The van der Waals surface area contributed by atoms with Crippen molar-refractivity contribution in [3.8, 4) is 0 Å². The van der Waals surface area contributed by atoms with E-state index in [1.807, 2.05) is 29.2 Å². The van der Waals surface area contributed by atoms with Crippen LogP contribution in [-0.4, -0.2) is 69.8 Å². The van der Waals surface area contributed by atoms with Crippen LogP contribution in [0.1, 0.15) is 6.42 Å². The number of amidine groups is 1. The number of fused-ring (bicyclic) bond motifs is 1. The van der Waals surface area contributed by atoms with Crippen LogP contribution in [0.3, 0.4) is 0 Å². The van der Waals surface area contributed by atoms with E-state index in [4.69, 9.17) is 4.74 Å². The number of ether oxygens (including phenoxy) is 1. The lowest BCUT2D eigenvalue weighted by Gasteiger charge is -2.36. The molecular weight excluding hydrogens is 284 g/mol. The van der Waals surface area contributed by atoms with Gasteiger partial charge in [0.1, 0.15) is 18.2 Å². The van der Waals surface area contributed by atoms with Gasteiger partial charge in [-0.15, -0.1) is 6.58 Å². The molecule has 5 atom stereocenters. The van der Waals surface area contributed by atoms with Crippen LogP contribution in [0, 0.1) is 5.92 Å². The number of hydrogen-bond donors (Lipinski definition) is 3. The second kappa shape index (κ2) is 6.24. The maximum atomic E-state index is 10.2. The Bertz CT molecular complexity index is 504. The Labute approximate surface area is 129 Å². The topological polar surface area (TPSA) is 85.5 Å². The van der Waals surface area contributed by atoms with Crippen molar-refractivity contribution in [3.05, 3.63) is 37.0 Å². The zero-order chi connectivity index (χ0) is 15.7. The molecule has 3 N–H and O–H groups in total. The Kier molecular flexibility index (Phi) is 4.33. The molecule has 120 valence electrons. The molecular formula is C16H22N2O4. The van der Waals surface area contributed by atoms with Crippen molar-refractivity contribution in [2.45, 2.75) is 36.8 Å². The van der Waals surface area contributed by atoms with Crippen molar-refractivity contribution in [3.63, 3.8) is 0 Å². The Morgan fingerprint density at radius 2 is 2.05 bits per heavy atom. The first kappa shape index (κ1) is 15.3. The fourth-order valence-corrected chi connectivity index (χ4v) is 3.27. The van der Waals surface area contributed by atoms with Crippen LogP contribution in [0.2, 0.25) is 0 Å². The van der Waals surface area contributed by atoms with E-state index in [0.29, 0.717) is 19.0 Å². The van der Waals surface area contributed by atoms with Gasteiger partial charge in [-0.2, -0.15) is 0 Å². The van der Waals surface area contributed by atoms with Gasteiger partial charge in [0, 0.05) is 19.1 Å². The summed E-state index contributed by atoms with van der Waals surface area (Å²) < 4.78 is 5.92. The van der Waals surface area contributed by atoms with Crippen molar-refractivity contribution in [2.75, 3.05) is 13.2 Å². The molecule has 2 aliphatic carbocycles. The zero-order valence-electron chi connectivity index (χ0n) is 12.3. The van der Waals surface area contributed by atoms with Gasteiger partial charge in [-0.05, 0) is 6.42 Å². The highest BCUT2D eigenvalue weighted by molar-refractivity contribution is 5.77. The van der Waals surface area contributed by atoms with Crippen molar-refractivity contribution in [2.24, 2.45) is 10.9 Å². The summed E-state index contributed by atoms with van der Waals surface area (Å²) in [5.74, 6) is -0.384. The van der Waals surface area contributed by atoms with E-state index >= 15 is 0 Å². The predicted octanol–water partition coefficient (Wildman–Crippen LogP) is -0.174. The average Bonchev–Trinajstić information content (AvgIpc) is 3.18. The maximum Gasteiger partial charge on any atom is 0.289 e. The minimum atomic E-state index is -1.02. The number of nitrogens with zero attached hydrogens (tertiary/aromatic N) is 2.